The highest BCUT2D eigenvalue weighted by Crippen LogP contribution is 2.29. The molecule has 1 N–H and O–H groups in total. The average Bonchev–Trinajstić information content (AvgIpc) is 2.38. The molecule has 0 radical (unpaired) electrons. The molecule has 1 aromatic carbocycles. The molecule has 1 aromatic rings. The molecule has 1 aliphatic rings. The lowest BCUT2D eigenvalue weighted by Gasteiger charge is -2.26. The average molecular weight is 352 g/mol. The zero-order valence-electron chi connectivity index (χ0n) is 12.1. The normalized spacial score (nSPS) is 21.7. The summed E-state index contributed by atoms with van der Waals surface area (Å²) >= 11 is 3.41. The molecule has 0 saturated carbocycles. The van der Waals surface area contributed by atoms with Crippen LogP contribution >= 0.6 is 15.9 Å². The van der Waals surface area contributed by atoms with Gasteiger partial charge in [0.1, 0.15) is 5.92 Å². The molecule has 1 aliphatic carbocycles. The topological polar surface area (TPSA) is 55.4 Å². The number of halogens is 1. The number of hydrogen-bond acceptors (Lipinski definition) is 4. The van der Waals surface area contributed by atoms with Crippen molar-refractivity contribution in [3.8, 4) is 0 Å². The largest absolute Gasteiger partial charge is 0.465 e. The molecule has 0 fully saturated rings. The van der Waals surface area contributed by atoms with Gasteiger partial charge in [-0.05, 0) is 37.5 Å². The SMILES string of the molecule is CCOC(=O)[C@@H]1C(=O)C=C(Nc2cccc(Br)c2)C[C@H]1C. The van der Waals surface area contributed by atoms with Gasteiger partial charge in [-0.2, -0.15) is 0 Å². The third kappa shape index (κ3) is 3.94. The van der Waals surface area contributed by atoms with Crippen molar-refractivity contribution in [2.24, 2.45) is 11.8 Å². The Morgan fingerprint density at radius 1 is 1.48 bits per heavy atom. The lowest BCUT2D eigenvalue weighted by atomic mass is 9.82. The number of ether oxygens (including phenoxy) is 1. The van der Waals surface area contributed by atoms with Crippen molar-refractivity contribution >= 4 is 33.4 Å². The van der Waals surface area contributed by atoms with Crippen LogP contribution in [0.2, 0.25) is 0 Å². The zero-order chi connectivity index (χ0) is 15.4. The molecule has 0 aromatic heterocycles. The van der Waals surface area contributed by atoms with Gasteiger partial charge in [-0.15, -0.1) is 0 Å². The molecule has 2 atom stereocenters. The third-order valence-corrected chi connectivity index (χ3v) is 3.90. The van der Waals surface area contributed by atoms with Gasteiger partial charge in [-0.3, -0.25) is 9.59 Å². The fourth-order valence-electron chi connectivity index (χ4n) is 2.48. The Hall–Kier alpha value is -1.62. The number of benzene rings is 1. The van der Waals surface area contributed by atoms with Crippen molar-refractivity contribution in [1.29, 1.82) is 0 Å². The van der Waals surface area contributed by atoms with E-state index in [1.807, 2.05) is 31.2 Å². The summed E-state index contributed by atoms with van der Waals surface area (Å²) in [6.07, 6.45) is 2.16. The molecule has 4 nitrogen and oxygen atoms in total. The first kappa shape index (κ1) is 15.8. The predicted octanol–water partition coefficient (Wildman–Crippen LogP) is 3.53. The van der Waals surface area contributed by atoms with E-state index < -0.39 is 11.9 Å². The number of allylic oxidation sites excluding steroid dienone is 2. The van der Waals surface area contributed by atoms with Crippen LogP contribution in [0.15, 0.2) is 40.5 Å². The Balaban J connectivity index is 2.12. The van der Waals surface area contributed by atoms with Gasteiger partial charge in [-0.1, -0.05) is 28.9 Å². The first-order chi connectivity index (χ1) is 10.0. The molecular formula is C16H18BrNO3. The maximum absolute atomic E-state index is 12.2. The van der Waals surface area contributed by atoms with E-state index in [4.69, 9.17) is 4.74 Å². The van der Waals surface area contributed by atoms with E-state index in [9.17, 15) is 9.59 Å². The van der Waals surface area contributed by atoms with E-state index in [-0.39, 0.29) is 11.7 Å². The molecule has 0 unspecified atom stereocenters. The van der Waals surface area contributed by atoms with Crippen LogP contribution < -0.4 is 5.32 Å². The van der Waals surface area contributed by atoms with Crippen LogP contribution in [0.5, 0.6) is 0 Å². The lowest BCUT2D eigenvalue weighted by Crippen LogP contribution is -2.34. The van der Waals surface area contributed by atoms with E-state index in [1.54, 1.807) is 6.92 Å². The molecule has 0 amide bonds. The summed E-state index contributed by atoms with van der Waals surface area (Å²) in [5, 5.41) is 3.23. The smallest absolute Gasteiger partial charge is 0.317 e. The van der Waals surface area contributed by atoms with Crippen molar-refractivity contribution in [1.82, 2.24) is 0 Å². The monoisotopic (exact) mass is 351 g/mol. The fourth-order valence-corrected chi connectivity index (χ4v) is 2.88. The van der Waals surface area contributed by atoms with Gasteiger partial charge in [0, 0.05) is 21.9 Å². The van der Waals surface area contributed by atoms with Gasteiger partial charge in [0.2, 0.25) is 0 Å². The Labute approximate surface area is 132 Å². The number of ketones is 1. The maximum atomic E-state index is 12.2. The number of esters is 1. The number of carbonyl (C=O) groups is 2. The van der Waals surface area contributed by atoms with Gasteiger partial charge < -0.3 is 10.1 Å². The quantitative estimate of drug-likeness (QED) is 0.665. The van der Waals surface area contributed by atoms with Crippen LogP contribution in [-0.2, 0) is 14.3 Å². The molecule has 21 heavy (non-hydrogen) atoms. The van der Waals surface area contributed by atoms with Crippen molar-refractivity contribution in [3.05, 3.63) is 40.5 Å². The van der Waals surface area contributed by atoms with Gasteiger partial charge in [0.25, 0.3) is 0 Å². The van der Waals surface area contributed by atoms with Crippen LogP contribution in [-0.4, -0.2) is 18.4 Å². The van der Waals surface area contributed by atoms with E-state index in [1.165, 1.54) is 6.08 Å². The molecule has 0 spiro atoms. The van der Waals surface area contributed by atoms with Crippen molar-refractivity contribution in [2.45, 2.75) is 20.3 Å². The van der Waals surface area contributed by atoms with Crippen LogP contribution in [0.25, 0.3) is 0 Å². The van der Waals surface area contributed by atoms with Gasteiger partial charge >= 0.3 is 5.97 Å². The summed E-state index contributed by atoms with van der Waals surface area (Å²) in [4.78, 5) is 24.0. The molecule has 0 aliphatic heterocycles. The fraction of sp³-hybridized carbons (Fsp3) is 0.375. The van der Waals surface area contributed by atoms with Crippen molar-refractivity contribution < 1.29 is 14.3 Å². The standard InChI is InChI=1S/C16H18BrNO3/c1-3-21-16(20)15-10(2)7-13(9-14(15)19)18-12-6-4-5-11(17)8-12/h4-6,8-10,15,18H,3,7H2,1-2H3/t10-,15+/m1/s1. The minimum Gasteiger partial charge on any atom is -0.465 e. The second-order valence-corrected chi connectivity index (χ2v) is 6.03. The Morgan fingerprint density at radius 2 is 2.24 bits per heavy atom. The van der Waals surface area contributed by atoms with E-state index >= 15 is 0 Å². The molecule has 2 rings (SSSR count). The first-order valence-corrected chi connectivity index (χ1v) is 7.74. The highest BCUT2D eigenvalue weighted by atomic mass is 79.9. The second-order valence-electron chi connectivity index (χ2n) is 5.12. The van der Waals surface area contributed by atoms with E-state index in [0.717, 1.165) is 15.9 Å². The van der Waals surface area contributed by atoms with Crippen LogP contribution in [0.3, 0.4) is 0 Å². The minimum absolute atomic E-state index is 0.0730. The molecule has 112 valence electrons. The predicted molar refractivity (Wildman–Crippen MR) is 84.8 cm³/mol. The summed E-state index contributed by atoms with van der Waals surface area (Å²) in [5.41, 5.74) is 1.73. The molecule has 5 heteroatoms. The molecular weight excluding hydrogens is 334 g/mol. The minimum atomic E-state index is -0.682. The van der Waals surface area contributed by atoms with Crippen LogP contribution in [0.4, 0.5) is 5.69 Å². The van der Waals surface area contributed by atoms with Crippen LogP contribution in [0, 0.1) is 11.8 Å². The summed E-state index contributed by atoms with van der Waals surface area (Å²) in [5.74, 6) is -1.37. The van der Waals surface area contributed by atoms with Crippen molar-refractivity contribution in [2.75, 3.05) is 11.9 Å². The zero-order valence-corrected chi connectivity index (χ0v) is 13.6. The highest BCUT2D eigenvalue weighted by Gasteiger charge is 2.36. The first-order valence-electron chi connectivity index (χ1n) is 6.95. The summed E-state index contributed by atoms with van der Waals surface area (Å²) < 4.78 is 5.94. The Morgan fingerprint density at radius 3 is 2.86 bits per heavy atom. The highest BCUT2D eigenvalue weighted by molar-refractivity contribution is 9.10. The summed E-state index contributed by atoms with van der Waals surface area (Å²) in [6, 6.07) is 7.72. The number of hydrogen-bond donors (Lipinski definition) is 1. The summed E-state index contributed by atoms with van der Waals surface area (Å²) in [7, 11) is 0. The van der Waals surface area contributed by atoms with Gasteiger partial charge in [0.05, 0.1) is 6.61 Å². The third-order valence-electron chi connectivity index (χ3n) is 3.40. The maximum Gasteiger partial charge on any atom is 0.317 e. The number of rotatable bonds is 4. The van der Waals surface area contributed by atoms with Crippen LogP contribution in [0.1, 0.15) is 20.3 Å². The van der Waals surface area contributed by atoms with Crippen molar-refractivity contribution in [3.63, 3.8) is 0 Å². The summed E-state index contributed by atoms with van der Waals surface area (Å²) in [6.45, 7) is 3.93. The number of carbonyl (C=O) groups excluding carboxylic acids is 2. The van der Waals surface area contributed by atoms with Gasteiger partial charge in [-0.25, -0.2) is 0 Å². The molecule has 0 bridgehead atoms. The van der Waals surface area contributed by atoms with E-state index in [0.29, 0.717) is 13.0 Å². The number of nitrogens with one attached hydrogen (secondary N) is 1. The lowest BCUT2D eigenvalue weighted by molar-refractivity contribution is -0.152. The molecule has 0 saturated heterocycles. The van der Waals surface area contributed by atoms with Gasteiger partial charge in [0.15, 0.2) is 5.78 Å². The van der Waals surface area contributed by atoms with E-state index in [2.05, 4.69) is 21.2 Å². The Kier molecular flexibility index (Phi) is 5.17. The molecule has 0 heterocycles. The second kappa shape index (κ2) is 6.89. The Bertz CT molecular complexity index is 583. The number of anilines is 1.